The molecule has 19 heavy (non-hydrogen) atoms. The summed E-state index contributed by atoms with van der Waals surface area (Å²) in [7, 11) is 0. The van der Waals surface area contributed by atoms with E-state index in [9.17, 15) is 14.3 Å². The lowest BCUT2D eigenvalue weighted by Gasteiger charge is -2.22. The maximum absolute atomic E-state index is 13.8. The van der Waals surface area contributed by atoms with Gasteiger partial charge in [-0.2, -0.15) is 0 Å². The second-order valence-electron chi connectivity index (χ2n) is 5.06. The molecule has 0 heterocycles. The third kappa shape index (κ3) is 3.53. The molecule has 0 aliphatic heterocycles. The first-order valence-electron chi connectivity index (χ1n) is 6.73. The molecule has 1 saturated carbocycles. The number of ketones is 1. The molecule has 0 spiro atoms. The van der Waals surface area contributed by atoms with Crippen molar-refractivity contribution in [1.29, 1.82) is 0 Å². The first-order chi connectivity index (χ1) is 9.08. The van der Waals surface area contributed by atoms with Crippen molar-refractivity contribution in [2.24, 2.45) is 0 Å². The largest absolute Gasteiger partial charge is 0.485 e. The van der Waals surface area contributed by atoms with Crippen LogP contribution in [-0.2, 0) is 0 Å². The summed E-state index contributed by atoms with van der Waals surface area (Å²) >= 11 is 0. The van der Waals surface area contributed by atoms with Crippen LogP contribution in [0.25, 0.3) is 0 Å². The van der Waals surface area contributed by atoms with E-state index in [1.807, 2.05) is 0 Å². The smallest absolute Gasteiger partial charge is 0.165 e. The summed E-state index contributed by atoms with van der Waals surface area (Å²) in [6, 6.07) is 4.19. The van der Waals surface area contributed by atoms with Crippen LogP contribution in [0.3, 0.4) is 0 Å². The minimum atomic E-state index is -0.552. The Kier molecular flexibility index (Phi) is 4.53. The quantitative estimate of drug-likeness (QED) is 0.675. The van der Waals surface area contributed by atoms with Crippen LogP contribution in [-0.4, -0.2) is 23.1 Å². The fourth-order valence-corrected chi connectivity index (χ4v) is 2.37. The molecule has 1 aromatic rings. The molecule has 1 fully saturated rings. The number of carbonyl (C=O) groups excluding carboxylic acids is 1. The summed E-state index contributed by atoms with van der Waals surface area (Å²) in [4.78, 5) is 11.1. The van der Waals surface area contributed by atoms with Crippen molar-refractivity contribution in [2.45, 2.75) is 51.2 Å². The predicted octanol–water partition coefficient (Wildman–Crippen LogP) is 3.10. The Morgan fingerprint density at radius 1 is 1.32 bits per heavy atom. The van der Waals surface area contributed by atoms with E-state index in [1.165, 1.54) is 19.1 Å². The van der Waals surface area contributed by atoms with Gasteiger partial charge < -0.3 is 9.84 Å². The van der Waals surface area contributed by atoms with Crippen molar-refractivity contribution >= 4 is 5.78 Å². The fourth-order valence-electron chi connectivity index (χ4n) is 2.37. The number of halogens is 1. The summed E-state index contributed by atoms with van der Waals surface area (Å²) in [6.45, 7) is 1.39. The molecule has 1 aliphatic rings. The van der Waals surface area contributed by atoms with Gasteiger partial charge in [-0.25, -0.2) is 4.39 Å². The summed E-state index contributed by atoms with van der Waals surface area (Å²) < 4.78 is 19.4. The number of rotatable bonds is 3. The molecule has 3 nitrogen and oxygen atoms in total. The van der Waals surface area contributed by atoms with Gasteiger partial charge in [0, 0.05) is 5.56 Å². The van der Waals surface area contributed by atoms with Crippen molar-refractivity contribution in [2.75, 3.05) is 0 Å². The number of hydrogen-bond donors (Lipinski definition) is 1. The second kappa shape index (κ2) is 6.15. The van der Waals surface area contributed by atoms with Gasteiger partial charge in [0.1, 0.15) is 6.10 Å². The Balaban J connectivity index is 2.11. The van der Waals surface area contributed by atoms with Crippen LogP contribution >= 0.6 is 0 Å². The first kappa shape index (κ1) is 14.0. The van der Waals surface area contributed by atoms with Crippen LogP contribution in [0.15, 0.2) is 18.2 Å². The number of Topliss-reactive ketones (excluding diaryl/α,β-unsaturated/α-hetero) is 1. The molecule has 0 saturated heterocycles. The van der Waals surface area contributed by atoms with Gasteiger partial charge in [0.25, 0.3) is 0 Å². The van der Waals surface area contributed by atoms with Crippen LogP contribution in [0, 0.1) is 5.82 Å². The molecule has 2 atom stereocenters. The average Bonchev–Trinajstić information content (AvgIpc) is 2.57. The van der Waals surface area contributed by atoms with Gasteiger partial charge in [-0.05, 0) is 44.4 Å². The van der Waals surface area contributed by atoms with E-state index < -0.39 is 11.9 Å². The summed E-state index contributed by atoms with van der Waals surface area (Å²) in [6.07, 6.45) is 3.55. The van der Waals surface area contributed by atoms with Crippen LogP contribution in [0.1, 0.15) is 49.4 Å². The van der Waals surface area contributed by atoms with Crippen LogP contribution in [0.5, 0.6) is 5.75 Å². The number of benzene rings is 1. The lowest BCUT2D eigenvalue weighted by molar-refractivity contribution is 0.0298. The number of hydrogen-bond acceptors (Lipinski definition) is 3. The third-order valence-electron chi connectivity index (χ3n) is 3.53. The molecule has 1 N–H and O–H groups in total. The Hall–Kier alpha value is -1.42. The van der Waals surface area contributed by atoms with E-state index in [-0.39, 0.29) is 17.6 Å². The van der Waals surface area contributed by atoms with Gasteiger partial charge in [0.05, 0.1) is 6.10 Å². The van der Waals surface area contributed by atoms with Gasteiger partial charge in [-0.3, -0.25) is 4.79 Å². The van der Waals surface area contributed by atoms with Crippen molar-refractivity contribution in [3.63, 3.8) is 0 Å². The van der Waals surface area contributed by atoms with Crippen molar-refractivity contribution in [1.82, 2.24) is 0 Å². The fraction of sp³-hybridized carbons (Fsp3) is 0.533. The average molecular weight is 266 g/mol. The van der Waals surface area contributed by atoms with E-state index in [1.54, 1.807) is 6.07 Å². The molecule has 1 aromatic carbocycles. The maximum atomic E-state index is 13.8. The number of aliphatic hydroxyl groups excluding tert-OH is 1. The summed E-state index contributed by atoms with van der Waals surface area (Å²) in [5.74, 6) is -0.625. The lowest BCUT2D eigenvalue weighted by atomic mass is 10.1. The zero-order chi connectivity index (χ0) is 13.8. The van der Waals surface area contributed by atoms with E-state index in [2.05, 4.69) is 0 Å². The van der Waals surface area contributed by atoms with Gasteiger partial charge in [-0.15, -0.1) is 0 Å². The highest BCUT2D eigenvalue weighted by Crippen LogP contribution is 2.25. The predicted molar refractivity (Wildman–Crippen MR) is 69.9 cm³/mol. The topological polar surface area (TPSA) is 46.5 Å². The molecule has 4 heteroatoms. The molecule has 0 radical (unpaired) electrons. The molecular weight excluding hydrogens is 247 g/mol. The molecule has 0 amide bonds. The minimum absolute atomic E-state index is 0.107. The number of ether oxygens (including phenoxy) is 1. The molecule has 0 aromatic heterocycles. The van der Waals surface area contributed by atoms with Crippen LogP contribution in [0.4, 0.5) is 4.39 Å². The Labute approximate surface area is 112 Å². The van der Waals surface area contributed by atoms with Gasteiger partial charge >= 0.3 is 0 Å². The van der Waals surface area contributed by atoms with Crippen LogP contribution < -0.4 is 4.74 Å². The highest BCUT2D eigenvalue weighted by atomic mass is 19.1. The molecular formula is C15H19FO3. The van der Waals surface area contributed by atoms with E-state index in [4.69, 9.17) is 4.74 Å². The molecule has 1 aliphatic carbocycles. The number of aliphatic hydroxyl groups is 1. The van der Waals surface area contributed by atoms with Gasteiger partial charge in [0.15, 0.2) is 17.3 Å². The second-order valence-corrected chi connectivity index (χ2v) is 5.06. The Bertz CT molecular complexity index is 459. The first-order valence-corrected chi connectivity index (χ1v) is 6.73. The summed E-state index contributed by atoms with van der Waals surface area (Å²) in [5.41, 5.74) is 0.325. The van der Waals surface area contributed by atoms with E-state index in [0.29, 0.717) is 12.0 Å². The molecule has 2 rings (SSSR count). The minimum Gasteiger partial charge on any atom is -0.485 e. The molecule has 104 valence electrons. The monoisotopic (exact) mass is 266 g/mol. The van der Waals surface area contributed by atoms with Crippen LogP contribution in [0.2, 0.25) is 0 Å². The molecule has 0 bridgehead atoms. The SMILES string of the molecule is CC(=O)c1ccc(OC2CCCCCC2O)c(F)c1. The maximum Gasteiger partial charge on any atom is 0.165 e. The van der Waals surface area contributed by atoms with Gasteiger partial charge in [0.2, 0.25) is 0 Å². The highest BCUT2D eigenvalue weighted by Gasteiger charge is 2.24. The third-order valence-corrected chi connectivity index (χ3v) is 3.53. The lowest BCUT2D eigenvalue weighted by Crippen LogP contribution is -2.30. The standard InChI is InChI=1S/C15H19FO3/c1-10(17)11-7-8-14(12(16)9-11)19-15-6-4-2-3-5-13(15)18/h7-9,13,15,18H,2-6H2,1H3. The van der Waals surface area contributed by atoms with Gasteiger partial charge in [-0.1, -0.05) is 12.8 Å². The van der Waals surface area contributed by atoms with E-state index >= 15 is 0 Å². The summed E-state index contributed by atoms with van der Waals surface area (Å²) in [5, 5.41) is 9.94. The normalized spacial score (nSPS) is 23.7. The Morgan fingerprint density at radius 2 is 2.05 bits per heavy atom. The molecule has 2 unspecified atom stereocenters. The van der Waals surface area contributed by atoms with Crippen molar-refractivity contribution in [3.05, 3.63) is 29.6 Å². The van der Waals surface area contributed by atoms with Crippen molar-refractivity contribution < 1.29 is 19.0 Å². The zero-order valence-electron chi connectivity index (χ0n) is 11.1. The van der Waals surface area contributed by atoms with Crippen molar-refractivity contribution in [3.8, 4) is 5.75 Å². The van der Waals surface area contributed by atoms with E-state index in [0.717, 1.165) is 25.7 Å². The zero-order valence-corrected chi connectivity index (χ0v) is 11.1. The highest BCUT2D eigenvalue weighted by molar-refractivity contribution is 5.94. The Morgan fingerprint density at radius 3 is 2.74 bits per heavy atom. The number of carbonyl (C=O) groups is 1.